The highest BCUT2D eigenvalue weighted by atomic mass is 16.5. The maximum Gasteiger partial charge on any atom is 0.163 e. The molecule has 496 valence electrons. The number of phenolic OH excluding ortho intramolecular Hbond substituents is 2. The summed E-state index contributed by atoms with van der Waals surface area (Å²) in [5.41, 5.74) is 9.57. The summed E-state index contributed by atoms with van der Waals surface area (Å²) in [5.74, 6) is 4.15. The van der Waals surface area contributed by atoms with Crippen LogP contribution >= 0.6 is 0 Å². The van der Waals surface area contributed by atoms with Crippen molar-refractivity contribution in [3.63, 3.8) is 0 Å². The van der Waals surface area contributed by atoms with E-state index < -0.39 is 59.5 Å². The number of phenols is 2. The molecule has 4 spiro atoms. The molecule has 0 amide bonds. The standard InChI is InChI=1S/C82H94N4O9/c87-39-25-60-70(89)20-17-50-40-64(74(91)71(41-50)95-56-13-2-3-14-56)73(90)62-43-55-42-53-23-37-85-77(53)86-67(63-45-68-59(24-38-84-68)65(72(63)75(60)92)46-81(94)30-21-52-11-7-16-69(88)58(52)22-31-81)19-18-54-47-83-36-8-12-51-10-1-4-15-57(51)61(62)44-66(55)82(76(54)93)35-33-78(49-82)32-34-80(48-78)29-9-28-79(80)26-5-6-27-79/h1,4,7,10-11,15-16,22-24,31,37-38,40-41,43-45,54,56,60,65,67,72-73,76,83-88,90-91,93-94H,2-3,5-6,8-9,12-14,17,20-21,25-30,32-36,39,42,46-49H2/t54-,60+,65+,67-,72+,73+,76+,78-,80-,81-,82-/m1/s1. The van der Waals surface area contributed by atoms with Crippen LogP contribution in [0.4, 0.5) is 5.82 Å². The molecule has 0 saturated heterocycles. The molecule has 5 fully saturated rings. The van der Waals surface area contributed by atoms with Crippen molar-refractivity contribution in [1.82, 2.24) is 15.3 Å². The van der Waals surface area contributed by atoms with Crippen LogP contribution in [0.15, 0.2) is 103 Å². The SMILES string of the molecule is O=C1CCc2cc(OC3CCCC3)c(O)c(c2)[C@@H](O)c2cc3c4cc2-c2ccccc2CCCNC[C@@H](C#C[C@@H](Nc2[nH]ccc2C3)C2=Cc3[nH]ccc3[C@H](C[C@]3(O)C=Cc5c(O)cccc5CC3)[C@H]2C(=O)[C@H]1CCO)[C@H](O)[C@@]41CC[C@@]2(CC[C@]3(CCCC34CCCC4)C2)C1. The van der Waals surface area contributed by atoms with E-state index in [1.54, 1.807) is 24.3 Å². The molecule has 13 nitrogen and oxygen atoms in total. The maximum atomic E-state index is 16.7. The smallest absolute Gasteiger partial charge is 0.163 e. The summed E-state index contributed by atoms with van der Waals surface area (Å²) >= 11 is 0. The van der Waals surface area contributed by atoms with Crippen molar-refractivity contribution in [3.05, 3.63) is 164 Å². The molecular formula is C82H94N4O9. The third kappa shape index (κ3) is 11.0. The van der Waals surface area contributed by atoms with Crippen LogP contribution in [0.2, 0.25) is 0 Å². The van der Waals surface area contributed by atoms with E-state index in [4.69, 9.17) is 4.74 Å². The van der Waals surface area contributed by atoms with E-state index in [0.29, 0.717) is 71.3 Å². The molecule has 10 aliphatic rings. The van der Waals surface area contributed by atoms with E-state index in [9.17, 15) is 30.6 Å². The quantitative estimate of drug-likeness (QED) is 0.0558. The van der Waals surface area contributed by atoms with Crippen LogP contribution in [0.25, 0.3) is 23.3 Å². The zero-order chi connectivity index (χ0) is 64.8. The Labute approximate surface area is 558 Å². The Morgan fingerprint density at radius 2 is 1.49 bits per heavy atom. The lowest BCUT2D eigenvalue weighted by Gasteiger charge is -2.44. The molecule has 4 aromatic carbocycles. The number of carbonyl (C=O) groups is 2. The predicted molar refractivity (Wildman–Crippen MR) is 369 cm³/mol. The molecule has 0 unspecified atom stereocenters. The molecule has 6 aromatic rings. The minimum absolute atomic E-state index is 0.0198. The van der Waals surface area contributed by atoms with Gasteiger partial charge in [-0.15, -0.1) is 0 Å². The van der Waals surface area contributed by atoms with E-state index in [2.05, 4.69) is 74.9 Å². The van der Waals surface area contributed by atoms with Gasteiger partial charge in [-0.1, -0.05) is 85.7 Å². The Bertz CT molecular complexity index is 4090. The summed E-state index contributed by atoms with van der Waals surface area (Å²) in [7, 11) is 0. The van der Waals surface area contributed by atoms with Gasteiger partial charge in [-0.2, -0.15) is 0 Å². The minimum Gasteiger partial charge on any atom is -0.507 e. The average Bonchev–Trinajstić information content (AvgIpc) is 1.56. The van der Waals surface area contributed by atoms with Crippen molar-refractivity contribution in [3.8, 4) is 40.2 Å². The minimum atomic E-state index is -1.48. The number of hydrogen-bond donors (Lipinski definition) is 10. The van der Waals surface area contributed by atoms with Gasteiger partial charge >= 0.3 is 0 Å². The summed E-state index contributed by atoms with van der Waals surface area (Å²) in [6, 6.07) is 25.3. The second kappa shape index (κ2) is 24.7. The van der Waals surface area contributed by atoms with Crippen LogP contribution in [-0.4, -0.2) is 95.7 Å². The lowest BCUT2D eigenvalue weighted by atomic mass is 9.61. The van der Waals surface area contributed by atoms with Crippen LogP contribution in [0, 0.1) is 45.8 Å². The third-order valence-electron chi connectivity index (χ3n) is 26.0. The number of ether oxygens (including phenoxy) is 1. The number of aliphatic hydroxyl groups excluding tert-OH is 3. The first-order chi connectivity index (χ1) is 46.2. The summed E-state index contributed by atoms with van der Waals surface area (Å²) in [6.07, 6.45) is 28.3. The first-order valence-corrected chi connectivity index (χ1v) is 36.2. The molecule has 10 N–H and O–H groups in total. The Balaban J connectivity index is 0.935. The van der Waals surface area contributed by atoms with Crippen molar-refractivity contribution in [2.24, 2.45) is 34.0 Å². The number of aryl methyl sites for hydroxylation is 3. The number of aromatic amines is 2. The highest BCUT2D eigenvalue weighted by Gasteiger charge is 2.65. The summed E-state index contributed by atoms with van der Waals surface area (Å²) < 4.78 is 6.77. The fourth-order valence-corrected chi connectivity index (χ4v) is 21.3. The number of carbonyl (C=O) groups excluding carboxylic acids is 2. The van der Waals surface area contributed by atoms with Crippen LogP contribution in [0.1, 0.15) is 215 Å². The number of nitrogens with one attached hydrogen (secondary N) is 4. The second-order valence-electron chi connectivity index (χ2n) is 31.1. The average molecular weight is 1280 g/mol. The largest absolute Gasteiger partial charge is 0.507 e. The number of anilines is 1. The molecule has 95 heavy (non-hydrogen) atoms. The number of H-pyrrole nitrogens is 2. The Morgan fingerprint density at radius 3 is 2.36 bits per heavy atom. The van der Waals surface area contributed by atoms with Gasteiger partial charge in [0.1, 0.15) is 29.5 Å². The van der Waals surface area contributed by atoms with Gasteiger partial charge in [0.25, 0.3) is 0 Å². The molecule has 0 radical (unpaired) electrons. The highest BCUT2D eigenvalue weighted by Crippen LogP contribution is 2.74. The van der Waals surface area contributed by atoms with Crippen LogP contribution < -0.4 is 15.4 Å². The van der Waals surface area contributed by atoms with Gasteiger partial charge in [-0.05, 0) is 261 Å². The molecule has 5 heterocycles. The number of hydrogen-bond acceptors (Lipinski definition) is 11. The van der Waals surface area contributed by atoms with Crippen molar-refractivity contribution in [2.45, 2.75) is 208 Å². The first kappa shape index (κ1) is 62.6. The van der Waals surface area contributed by atoms with E-state index in [0.717, 1.165) is 114 Å². The van der Waals surface area contributed by atoms with Gasteiger partial charge < -0.3 is 56.0 Å². The molecule has 2 aromatic heterocycles. The van der Waals surface area contributed by atoms with Crippen molar-refractivity contribution >= 4 is 29.5 Å². The number of benzene rings is 4. The number of aromatic nitrogens is 2. The molecule has 8 bridgehead atoms. The molecule has 7 aliphatic carbocycles. The van der Waals surface area contributed by atoms with E-state index >= 15 is 9.59 Å². The van der Waals surface area contributed by atoms with Gasteiger partial charge in [0.2, 0.25) is 0 Å². The zero-order valence-electron chi connectivity index (χ0n) is 54.9. The Hall–Kier alpha value is -7.18. The fraction of sp³-hybridized carbons (Fsp3) is 0.512. The number of rotatable bonds is 6. The topological polar surface area (TPSA) is 220 Å². The van der Waals surface area contributed by atoms with E-state index in [1.165, 1.54) is 57.8 Å². The molecule has 13 heteroatoms. The first-order valence-electron chi connectivity index (χ1n) is 36.2. The summed E-state index contributed by atoms with van der Waals surface area (Å²) in [6.45, 7) is 0.611. The number of aliphatic hydroxyl groups is 4. The van der Waals surface area contributed by atoms with Gasteiger partial charge in [0.05, 0.1) is 29.6 Å². The Morgan fingerprint density at radius 1 is 0.684 bits per heavy atom. The highest BCUT2D eigenvalue weighted by molar-refractivity contribution is 6.05. The van der Waals surface area contributed by atoms with E-state index in [-0.39, 0.29) is 71.6 Å². The lowest BCUT2D eigenvalue weighted by Crippen LogP contribution is -2.47. The van der Waals surface area contributed by atoms with Gasteiger partial charge in [0, 0.05) is 72.5 Å². The van der Waals surface area contributed by atoms with Crippen molar-refractivity contribution in [1.29, 1.82) is 0 Å². The summed E-state index contributed by atoms with van der Waals surface area (Å²) in [5, 5.41) is 84.2. The maximum absolute atomic E-state index is 16.7. The van der Waals surface area contributed by atoms with Crippen molar-refractivity contribution < 1.29 is 45.0 Å². The number of aromatic hydroxyl groups is 2. The van der Waals surface area contributed by atoms with Gasteiger partial charge in [0.15, 0.2) is 17.3 Å². The predicted octanol–water partition coefficient (Wildman–Crippen LogP) is 13.7. The van der Waals surface area contributed by atoms with Gasteiger partial charge in [-0.25, -0.2) is 0 Å². The molecule has 11 atom stereocenters. The van der Waals surface area contributed by atoms with Gasteiger partial charge in [-0.3, -0.25) is 9.59 Å². The van der Waals surface area contributed by atoms with E-state index in [1.807, 2.05) is 42.7 Å². The molecule has 5 saturated carbocycles. The number of Topliss-reactive ketones (excluding diaryl/α,β-unsaturated/α-hetero) is 2. The fourth-order valence-electron chi connectivity index (χ4n) is 21.3. The molecular weight excluding hydrogens is 1180 g/mol. The monoisotopic (exact) mass is 1280 g/mol. The van der Waals surface area contributed by atoms with Crippen LogP contribution in [0.5, 0.6) is 17.2 Å². The molecule has 3 aliphatic heterocycles. The lowest BCUT2D eigenvalue weighted by molar-refractivity contribution is -0.135. The number of fused-ring (bicyclic) bond motifs is 14. The molecule has 16 rings (SSSR count). The van der Waals surface area contributed by atoms with Crippen molar-refractivity contribution in [2.75, 3.05) is 25.0 Å². The zero-order valence-corrected chi connectivity index (χ0v) is 54.9. The summed E-state index contributed by atoms with van der Waals surface area (Å²) in [4.78, 5) is 39.3. The number of ketones is 2. The Kier molecular flexibility index (Phi) is 16.3. The van der Waals surface area contributed by atoms with Crippen LogP contribution in [0.3, 0.4) is 0 Å². The second-order valence-corrected chi connectivity index (χ2v) is 31.1. The van der Waals surface area contributed by atoms with Crippen LogP contribution in [-0.2, 0) is 40.7 Å². The third-order valence-corrected chi connectivity index (χ3v) is 26.0. The normalized spacial score (nSPS) is 31.7.